The average molecular weight is 192 g/mol. The molecule has 0 bridgehead atoms. The van der Waals surface area contributed by atoms with Crippen molar-refractivity contribution in [2.75, 3.05) is 0 Å². The first-order valence-corrected chi connectivity index (χ1v) is 4.31. The van der Waals surface area contributed by atoms with Crippen LogP contribution in [-0.4, -0.2) is 14.6 Å². The molecule has 0 aliphatic heterocycles. The first kappa shape index (κ1) is 9.11. The van der Waals surface area contributed by atoms with Crippen LogP contribution < -0.4 is 5.90 Å². The highest BCUT2D eigenvalue weighted by Gasteiger charge is 2.21. The number of hydrogen-bond donors (Lipinski definition) is 1. The van der Waals surface area contributed by atoms with Crippen LogP contribution in [0.5, 0.6) is 0 Å². The van der Waals surface area contributed by atoms with Crippen molar-refractivity contribution in [3.8, 4) is 0 Å². The van der Waals surface area contributed by atoms with Crippen LogP contribution in [-0.2, 0) is 10.4 Å². The Kier molecular flexibility index (Phi) is 1.98. The number of nitrogens with two attached hydrogens (primary N) is 1. The Hall–Kier alpha value is -1.46. The second-order valence-electron chi connectivity index (χ2n) is 3.60. The van der Waals surface area contributed by atoms with Crippen LogP contribution in [0.1, 0.15) is 19.4 Å². The Morgan fingerprint density at radius 2 is 2.29 bits per heavy atom. The van der Waals surface area contributed by atoms with Crippen molar-refractivity contribution in [2.24, 2.45) is 5.90 Å². The van der Waals surface area contributed by atoms with Crippen molar-refractivity contribution in [1.29, 1.82) is 0 Å². The van der Waals surface area contributed by atoms with Gasteiger partial charge >= 0.3 is 0 Å². The zero-order valence-corrected chi connectivity index (χ0v) is 8.14. The van der Waals surface area contributed by atoms with Gasteiger partial charge in [-0.2, -0.15) is 5.10 Å². The molecule has 0 unspecified atom stereocenters. The summed E-state index contributed by atoms with van der Waals surface area (Å²) in [6, 6.07) is 1.83. The summed E-state index contributed by atoms with van der Waals surface area (Å²) in [5.74, 6) is 5.20. The Balaban J connectivity index is 2.53. The topological polar surface area (TPSA) is 65.4 Å². The molecule has 0 fully saturated rings. The zero-order valence-electron chi connectivity index (χ0n) is 8.14. The minimum atomic E-state index is -0.548. The van der Waals surface area contributed by atoms with Gasteiger partial charge in [0, 0.05) is 24.0 Å². The van der Waals surface area contributed by atoms with Crippen LogP contribution in [0.15, 0.2) is 24.7 Å². The van der Waals surface area contributed by atoms with Gasteiger partial charge < -0.3 is 0 Å². The molecule has 5 nitrogen and oxygen atoms in total. The molecule has 0 spiro atoms. The molecule has 0 amide bonds. The lowest BCUT2D eigenvalue weighted by molar-refractivity contribution is -0.0241. The normalized spacial score (nSPS) is 12.2. The minimum absolute atomic E-state index is 0.548. The molecule has 0 aliphatic carbocycles. The fourth-order valence-corrected chi connectivity index (χ4v) is 1.19. The lowest BCUT2D eigenvalue weighted by Crippen LogP contribution is -2.25. The highest BCUT2D eigenvalue weighted by Crippen LogP contribution is 2.21. The molecular weight excluding hydrogens is 180 g/mol. The van der Waals surface area contributed by atoms with E-state index >= 15 is 0 Å². The Morgan fingerprint density at radius 3 is 3.00 bits per heavy atom. The largest absolute Gasteiger partial charge is 0.294 e. The Bertz CT molecular complexity index is 449. The predicted octanol–water partition coefficient (Wildman–Crippen LogP) is 0.855. The summed E-state index contributed by atoms with van der Waals surface area (Å²) >= 11 is 0. The van der Waals surface area contributed by atoms with E-state index in [-0.39, 0.29) is 0 Å². The van der Waals surface area contributed by atoms with Crippen LogP contribution in [0, 0.1) is 0 Å². The van der Waals surface area contributed by atoms with Crippen LogP contribution in [0.3, 0.4) is 0 Å². The van der Waals surface area contributed by atoms with Gasteiger partial charge in [0.05, 0.1) is 6.20 Å². The number of nitrogens with zero attached hydrogens (tertiary/aromatic N) is 3. The quantitative estimate of drug-likeness (QED) is 0.716. The standard InChI is InChI=1S/C9H12N4O/c1-9(2,14-10)7-5-11-8-3-4-12-13(8)6-7/h3-6H,10H2,1-2H3. The summed E-state index contributed by atoms with van der Waals surface area (Å²) in [5.41, 5.74) is 1.14. The summed E-state index contributed by atoms with van der Waals surface area (Å²) in [6.07, 6.45) is 5.29. The molecule has 0 radical (unpaired) electrons. The van der Waals surface area contributed by atoms with Crippen LogP contribution in [0.4, 0.5) is 0 Å². The van der Waals surface area contributed by atoms with Gasteiger partial charge in [-0.15, -0.1) is 0 Å². The van der Waals surface area contributed by atoms with Gasteiger partial charge in [-0.1, -0.05) is 0 Å². The Morgan fingerprint density at radius 1 is 1.50 bits per heavy atom. The summed E-state index contributed by atoms with van der Waals surface area (Å²) in [5, 5.41) is 4.08. The molecule has 0 aromatic carbocycles. The van der Waals surface area contributed by atoms with Crippen LogP contribution in [0.2, 0.25) is 0 Å². The number of fused-ring (bicyclic) bond motifs is 1. The first-order chi connectivity index (χ1) is 6.63. The van der Waals surface area contributed by atoms with Crippen molar-refractivity contribution in [3.05, 3.63) is 30.2 Å². The summed E-state index contributed by atoms with van der Waals surface area (Å²) in [4.78, 5) is 9.09. The van der Waals surface area contributed by atoms with E-state index < -0.39 is 5.60 Å². The lowest BCUT2D eigenvalue weighted by atomic mass is 10.0. The molecule has 0 saturated carbocycles. The maximum atomic E-state index is 5.20. The van der Waals surface area contributed by atoms with Gasteiger partial charge in [0.15, 0.2) is 5.65 Å². The molecule has 74 valence electrons. The zero-order chi connectivity index (χ0) is 10.2. The molecule has 2 N–H and O–H groups in total. The molecule has 5 heteroatoms. The predicted molar refractivity (Wildman–Crippen MR) is 51.3 cm³/mol. The van der Waals surface area contributed by atoms with Crippen molar-refractivity contribution in [2.45, 2.75) is 19.4 Å². The fraction of sp³-hybridized carbons (Fsp3) is 0.333. The molecule has 0 aliphatic rings. The molecule has 14 heavy (non-hydrogen) atoms. The lowest BCUT2D eigenvalue weighted by Gasteiger charge is -2.21. The summed E-state index contributed by atoms with van der Waals surface area (Å²) < 4.78 is 1.69. The monoisotopic (exact) mass is 192 g/mol. The number of hydrogen-bond acceptors (Lipinski definition) is 4. The minimum Gasteiger partial charge on any atom is -0.294 e. The highest BCUT2D eigenvalue weighted by molar-refractivity contribution is 5.36. The van der Waals surface area contributed by atoms with E-state index in [1.54, 1.807) is 16.9 Å². The Labute approximate surface area is 81.5 Å². The molecule has 2 rings (SSSR count). The maximum absolute atomic E-state index is 5.20. The van der Waals surface area contributed by atoms with Crippen LogP contribution >= 0.6 is 0 Å². The van der Waals surface area contributed by atoms with Gasteiger partial charge in [-0.05, 0) is 13.8 Å². The second-order valence-corrected chi connectivity index (χ2v) is 3.60. The van der Waals surface area contributed by atoms with Gasteiger partial charge in [-0.25, -0.2) is 15.4 Å². The van der Waals surface area contributed by atoms with E-state index in [1.165, 1.54) is 0 Å². The second kappa shape index (κ2) is 3.04. The third kappa shape index (κ3) is 1.36. The van der Waals surface area contributed by atoms with E-state index in [2.05, 4.69) is 10.1 Å². The number of aromatic nitrogens is 3. The summed E-state index contributed by atoms with van der Waals surface area (Å²) in [7, 11) is 0. The third-order valence-corrected chi connectivity index (χ3v) is 2.24. The maximum Gasteiger partial charge on any atom is 0.154 e. The molecule has 0 saturated heterocycles. The van der Waals surface area contributed by atoms with Crippen molar-refractivity contribution >= 4 is 5.65 Å². The summed E-state index contributed by atoms with van der Waals surface area (Å²) in [6.45, 7) is 3.75. The van der Waals surface area contributed by atoms with Crippen molar-refractivity contribution in [1.82, 2.24) is 14.6 Å². The molecule has 0 atom stereocenters. The van der Waals surface area contributed by atoms with Gasteiger partial charge in [-0.3, -0.25) is 4.84 Å². The molecule has 2 heterocycles. The van der Waals surface area contributed by atoms with E-state index in [0.717, 1.165) is 11.2 Å². The van der Waals surface area contributed by atoms with Gasteiger partial charge in [0.1, 0.15) is 5.60 Å². The molecule has 2 aromatic heterocycles. The fourth-order valence-electron chi connectivity index (χ4n) is 1.19. The SMILES string of the molecule is CC(C)(ON)c1cnc2ccnn2c1. The van der Waals surface area contributed by atoms with E-state index in [1.807, 2.05) is 26.1 Å². The van der Waals surface area contributed by atoms with Gasteiger partial charge in [0.2, 0.25) is 0 Å². The number of rotatable bonds is 2. The van der Waals surface area contributed by atoms with E-state index in [9.17, 15) is 0 Å². The average Bonchev–Trinajstić information content (AvgIpc) is 2.64. The highest BCUT2D eigenvalue weighted by atomic mass is 16.6. The molecule has 2 aromatic rings. The van der Waals surface area contributed by atoms with Gasteiger partial charge in [0.25, 0.3) is 0 Å². The first-order valence-electron chi connectivity index (χ1n) is 4.31. The van der Waals surface area contributed by atoms with Crippen LogP contribution in [0.25, 0.3) is 5.65 Å². The van der Waals surface area contributed by atoms with Crippen molar-refractivity contribution in [3.63, 3.8) is 0 Å². The molecular formula is C9H12N4O. The third-order valence-electron chi connectivity index (χ3n) is 2.24. The van der Waals surface area contributed by atoms with E-state index in [4.69, 9.17) is 10.7 Å². The smallest absolute Gasteiger partial charge is 0.154 e. The van der Waals surface area contributed by atoms with Crippen molar-refractivity contribution < 1.29 is 4.84 Å². The van der Waals surface area contributed by atoms with E-state index in [0.29, 0.717) is 0 Å².